The molecule has 1 amide bonds. The van der Waals surface area contributed by atoms with Crippen molar-refractivity contribution in [1.82, 2.24) is 14.8 Å². The number of hydrogen-bond acceptors (Lipinski definition) is 5. The minimum absolute atomic E-state index is 0.274. The Morgan fingerprint density at radius 3 is 2.71 bits per heavy atom. The highest BCUT2D eigenvalue weighted by Crippen LogP contribution is 2.22. The molecule has 0 spiro atoms. The normalized spacial score (nSPS) is 12.1. The number of benzene rings is 1. The minimum atomic E-state index is -0.387. The van der Waals surface area contributed by atoms with E-state index in [-0.39, 0.29) is 17.8 Å². The molecule has 0 aliphatic rings. The highest BCUT2D eigenvalue weighted by Gasteiger charge is 2.16. The molecule has 1 aromatic heterocycles. The van der Waals surface area contributed by atoms with Crippen LogP contribution in [0.3, 0.4) is 0 Å². The van der Waals surface area contributed by atoms with Crippen molar-refractivity contribution in [2.45, 2.75) is 23.9 Å². The molecule has 6 nitrogen and oxygen atoms in total. The topological polar surface area (TPSA) is 83.0 Å². The summed E-state index contributed by atoms with van der Waals surface area (Å²) in [5.74, 6) is 0.966. The van der Waals surface area contributed by atoms with E-state index in [9.17, 15) is 4.79 Å². The Hall–Kier alpha value is -1.73. The third-order valence-corrected chi connectivity index (χ3v) is 4.19. The molecule has 0 fully saturated rings. The fraction of sp³-hybridized carbons (Fsp3) is 0.308. The Morgan fingerprint density at radius 1 is 1.43 bits per heavy atom. The van der Waals surface area contributed by atoms with Crippen LogP contribution in [-0.2, 0) is 18.4 Å². The second-order valence-electron chi connectivity index (χ2n) is 4.36. The Balaban J connectivity index is 2.00. The Kier molecular flexibility index (Phi) is 5.08. The zero-order valence-corrected chi connectivity index (χ0v) is 13.2. The van der Waals surface area contributed by atoms with Crippen LogP contribution >= 0.6 is 23.4 Å². The van der Waals surface area contributed by atoms with Crippen LogP contribution in [0.25, 0.3) is 0 Å². The van der Waals surface area contributed by atoms with Gasteiger partial charge >= 0.3 is 0 Å². The summed E-state index contributed by atoms with van der Waals surface area (Å²) in [7, 11) is 1.82. The summed E-state index contributed by atoms with van der Waals surface area (Å²) in [6, 6.07) is 7.07. The molecular formula is C13H15ClN4O2S. The zero-order chi connectivity index (χ0) is 15.4. The Bertz CT molecular complexity index is 630. The molecule has 2 aromatic rings. The van der Waals surface area contributed by atoms with Crippen molar-refractivity contribution in [3.63, 3.8) is 0 Å². The van der Waals surface area contributed by atoms with Crippen LogP contribution < -0.4 is 10.5 Å². The summed E-state index contributed by atoms with van der Waals surface area (Å²) in [6.07, 6.45) is 0. The van der Waals surface area contributed by atoms with E-state index in [1.807, 2.05) is 7.05 Å². The van der Waals surface area contributed by atoms with Gasteiger partial charge in [0.25, 0.3) is 0 Å². The lowest BCUT2D eigenvalue weighted by Crippen LogP contribution is -2.23. The Morgan fingerprint density at radius 2 is 2.10 bits per heavy atom. The average molecular weight is 327 g/mol. The van der Waals surface area contributed by atoms with Gasteiger partial charge in [0.05, 0.1) is 5.25 Å². The molecule has 8 heteroatoms. The van der Waals surface area contributed by atoms with Crippen molar-refractivity contribution in [3.05, 3.63) is 35.1 Å². The lowest BCUT2D eigenvalue weighted by molar-refractivity contribution is -0.117. The van der Waals surface area contributed by atoms with Crippen LogP contribution in [0.4, 0.5) is 0 Å². The Labute approximate surface area is 131 Å². The molecule has 0 aliphatic heterocycles. The number of carbonyl (C=O) groups is 1. The van der Waals surface area contributed by atoms with Gasteiger partial charge in [0.1, 0.15) is 12.4 Å². The van der Waals surface area contributed by atoms with E-state index in [1.54, 1.807) is 35.8 Å². The standard InChI is InChI=1S/C13H15ClN4O2S/c1-8(12(15)19)21-13-17-16-11(18(13)2)7-20-10-5-3-9(14)4-6-10/h3-6,8H,7H2,1-2H3,(H2,15,19). The second-order valence-corrected chi connectivity index (χ2v) is 6.11. The predicted molar refractivity (Wildman–Crippen MR) is 81.3 cm³/mol. The van der Waals surface area contributed by atoms with E-state index in [2.05, 4.69) is 10.2 Å². The summed E-state index contributed by atoms with van der Waals surface area (Å²) in [5, 5.41) is 8.99. The second kappa shape index (κ2) is 6.82. The van der Waals surface area contributed by atoms with Crippen molar-refractivity contribution in [2.24, 2.45) is 12.8 Å². The van der Waals surface area contributed by atoms with Crippen molar-refractivity contribution in [1.29, 1.82) is 0 Å². The third-order valence-electron chi connectivity index (χ3n) is 2.79. The number of carbonyl (C=O) groups excluding carboxylic acids is 1. The number of nitrogens with zero attached hydrogens (tertiary/aromatic N) is 3. The first-order valence-corrected chi connectivity index (χ1v) is 7.45. The minimum Gasteiger partial charge on any atom is -0.486 e. The number of rotatable bonds is 6. The molecule has 0 saturated carbocycles. The highest BCUT2D eigenvalue weighted by atomic mass is 35.5. The van der Waals surface area contributed by atoms with E-state index < -0.39 is 0 Å². The first kappa shape index (κ1) is 15.7. The maximum absolute atomic E-state index is 11.1. The average Bonchev–Trinajstić information content (AvgIpc) is 2.79. The van der Waals surface area contributed by atoms with Crippen molar-refractivity contribution < 1.29 is 9.53 Å². The molecule has 1 atom stereocenters. The SMILES string of the molecule is CC(Sc1nnc(COc2ccc(Cl)cc2)n1C)C(N)=O. The van der Waals surface area contributed by atoms with E-state index in [0.717, 1.165) is 0 Å². The van der Waals surface area contributed by atoms with E-state index in [1.165, 1.54) is 11.8 Å². The van der Waals surface area contributed by atoms with Crippen molar-refractivity contribution in [3.8, 4) is 5.75 Å². The zero-order valence-electron chi connectivity index (χ0n) is 11.6. The molecular weight excluding hydrogens is 312 g/mol. The van der Waals surface area contributed by atoms with Gasteiger partial charge in [-0.3, -0.25) is 4.79 Å². The van der Waals surface area contributed by atoms with Gasteiger partial charge in [0.15, 0.2) is 11.0 Å². The monoisotopic (exact) mass is 326 g/mol. The molecule has 1 unspecified atom stereocenters. The van der Waals surface area contributed by atoms with Gasteiger partial charge in [-0.05, 0) is 31.2 Å². The van der Waals surface area contributed by atoms with Crippen LogP contribution in [0.1, 0.15) is 12.7 Å². The van der Waals surface area contributed by atoms with Crippen LogP contribution in [0.5, 0.6) is 5.75 Å². The summed E-state index contributed by atoms with van der Waals surface area (Å²) in [5.41, 5.74) is 5.23. The molecule has 0 aliphatic carbocycles. The summed E-state index contributed by atoms with van der Waals surface area (Å²) >= 11 is 7.07. The molecule has 1 heterocycles. The lowest BCUT2D eigenvalue weighted by Gasteiger charge is -2.08. The first-order valence-electron chi connectivity index (χ1n) is 6.20. The molecule has 112 valence electrons. The molecule has 2 rings (SSSR count). The smallest absolute Gasteiger partial charge is 0.230 e. The lowest BCUT2D eigenvalue weighted by atomic mass is 10.3. The van der Waals surface area contributed by atoms with E-state index in [0.29, 0.717) is 21.8 Å². The van der Waals surface area contributed by atoms with Gasteiger partial charge in [0.2, 0.25) is 5.91 Å². The number of ether oxygens (including phenoxy) is 1. The fourth-order valence-corrected chi connectivity index (χ4v) is 2.38. The number of hydrogen-bond donors (Lipinski definition) is 1. The number of nitrogens with two attached hydrogens (primary N) is 1. The van der Waals surface area contributed by atoms with Crippen LogP contribution in [0.2, 0.25) is 5.02 Å². The van der Waals surface area contributed by atoms with E-state index >= 15 is 0 Å². The first-order chi connectivity index (χ1) is 9.97. The number of aromatic nitrogens is 3. The number of amides is 1. The van der Waals surface area contributed by atoms with Crippen LogP contribution in [-0.4, -0.2) is 25.9 Å². The van der Waals surface area contributed by atoms with Gasteiger partial charge in [0, 0.05) is 12.1 Å². The molecule has 0 saturated heterocycles. The highest BCUT2D eigenvalue weighted by molar-refractivity contribution is 8.00. The quantitative estimate of drug-likeness (QED) is 0.821. The molecule has 0 bridgehead atoms. The van der Waals surface area contributed by atoms with Crippen molar-refractivity contribution >= 4 is 29.3 Å². The van der Waals surface area contributed by atoms with Crippen LogP contribution in [0.15, 0.2) is 29.4 Å². The van der Waals surface area contributed by atoms with Gasteiger partial charge in [-0.25, -0.2) is 0 Å². The maximum atomic E-state index is 11.1. The summed E-state index contributed by atoms with van der Waals surface area (Å²) < 4.78 is 7.39. The van der Waals surface area contributed by atoms with Crippen LogP contribution in [0, 0.1) is 0 Å². The number of halogens is 1. The summed E-state index contributed by atoms with van der Waals surface area (Å²) in [6.45, 7) is 2.00. The van der Waals surface area contributed by atoms with Gasteiger partial charge in [-0.1, -0.05) is 23.4 Å². The van der Waals surface area contributed by atoms with Gasteiger partial charge < -0.3 is 15.0 Å². The number of primary amides is 1. The molecule has 2 N–H and O–H groups in total. The van der Waals surface area contributed by atoms with Gasteiger partial charge in [-0.15, -0.1) is 10.2 Å². The predicted octanol–water partition coefficient (Wildman–Crippen LogP) is 2.01. The summed E-state index contributed by atoms with van der Waals surface area (Å²) in [4.78, 5) is 11.1. The molecule has 1 aromatic carbocycles. The number of thioether (sulfide) groups is 1. The maximum Gasteiger partial charge on any atom is 0.230 e. The largest absolute Gasteiger partial charge is 0.486 e. The third kappa shape index (κ3) is 4.12. The fourth-order valence-electron chi connectivity index (χ4n) is 1.47. The molecule has 21 heavy (non-hydrogen) atoms. The molecule has 0 radical (unpaired) electrons. The van der Waals surface area contributed by atoms with E-state index in [4.69, 9.17) is 22.1 Å². The van der Waals surface area contributed by atoms with Gasteiger partial charge in [-0.2, -0.15) is 0 Å². The van der Waals surface area contributed by atoms with Crippen molar-refractivity contribution in [2.75, 3.05) is 0 Å².